The van der Waals surface area contributed by atoms with E-state index < -0.39 is 22.0 Å². The minimum absolute atomic E-state index is 0.0627. The number of methoxy groups -OCH3 is 1. The lowest BCUT2D eigenvalue weighted by atomic mass is 10.2. The van der Waals surface area contributed by atoms with Crippen LogP contribution in [0.2, 0.25) is 0 Å². The van der Waals surface area contributed by atoms with Gasteiger partial charge in [0.25, 0.3) is 10.0 Å². The summed E-state index contributed by atoms with van der Waals surface area (Å²) in [6.07, 6.45) is 0. The van der Waals surface area contributed by atoms with E-state index in [-0.39, 0.29) is 16.1 Å². The molecule has 0 saturated carbocycles. The molecule has 8 nitrogen and oxygen atoms in total. The average molecular weight is 377 g/mol. The lowest BCUT2D eigenvalue weighted by Crippen LogP contribution is -2.44. The molecule has 2 aromatic carbocycles. The molecule has 0 aromatic heterocycles. The number of para-hydroxylation sites is 1. The largest absolute Gasteiger partial charge is 0.465 e. The minimum Gasteiger partial charge on any atom is -0.465 e. The Balaban J connectivity index is 2.10. The van der Waals surface area contributed by atoms with Gasteiger partial charge < -0.3 is 10.1 Å². The van der Waals surface area contributed by atoms with Crippen molar-refractivity contribution < 1.29 is 22.7 Å². The average Bonchev–Trinajstić information content (AvgIpc) is 2.62. The Morgan fingerprint density at radius 2 is 1.73 bits per heavy atom. The highest BCUT2D eigenvalue weighted by molar-refractivity contribution is 7.89. The molecule has 9 heteroatoms. The molecule has 0 atom stereocenters. The number of carbonyl (C=O) groups is 2. The van der Waals surface area contributed by atoms with E-state index >= 15 is 0 Å². The smallest absolute Gasteiger partial charge is 0.339 e. The Morgan fingerprint density at radius 3 is 2.42 bits per heavy atom. The maximum atomic E-state index is 12.4. The van der Waals surface area contributed by atoms with Gasteiger partial charge in [0.2, 0.25) is 0 Å². The number of sulfonamides is 1. The Morgan fingerprint density at radius 1 is 1.04 bits per heavy atom. The normalized spacial score (nSPS) is 10.9. The van der Waals surface area contributed by atoms with Crippen molar-refractivity contribution in [3.8, 4) is 0 Å². The second-order valence-electron chi connectivity index (χ2n) is 5.49. The summed E-state index contributed by atoms with van der Waals surface area (Å²) in [6, 6.07) is 10.3. The number of hydrogen-bond donors (Lipinski definition) is 3. The van der Waals surface area contributed by atoms with E-state index in [0.29, 0.717) is 5.56 Å². The van der Waals surface area contributed by atoms with Gasteiger partial charge in [0, 0.05) is 0 Å². The zero-order valence-corrected chi connectivity index (χ0v) is 15.3. The number of urea groups is 1. The molecule has 0 saturated heterocycles. The van der Waals surface area contributed by atoms with Gasteiger partial charge in [-0.15, -0.1) is 4.83 Å². The fourth-order valence-electron chi connectivity index (χ4n) is 2.20. The van der Waals surface area contributed by atoms with Gasteiger partial charge >= 0.3 is 12.0 Å². The van der Waals surface area contributed by atoms with Gasteiger partial charge in [0.15, 0.2) is 0 Å². The van der Waals surface area contributed by atoms with Crippen LogP contribution in [0.3, 0.4) is 0 Å². The number of carbonyl (C=O) groups excluding carboxylic acids is 2. The molecular weight excluding hydrogens is 358 g/mol. The van der Waals surface area contributed by atoms with Crippen LogP contribution in [0, 0.1) is 13.8 Å². The van der Waals surface area contributed by atoms with Crippen LogP contribution in [-0.2, 0) is 14.8 Å². The summed E-state index contributed by atoms with van der Waals surface area (Å²) in [4.78, 5) is 25.8. The summed E-state index contributed by atoms with van der Waals surface area (Å²) in [6.45, 7) is 3.42. The third-order valence-corrected chi connectivity index (χ3v) is 4.90. The van der Waals surface area contributed by atoms with Crippen molar-refractivity contribution in [2.45, 2.75) is 18.7 Å². The van der Waals surface area contributed by atoms with Crippen molar-refractivity contribution in [2.24, 2.45) is 0 Å². The molecule has 0 radical (unpaired) electrons. The highest BCUT2D eigenvalue weighted by Gasteiger charge is 2.19. The van der Waals surface area contributed by atoms with Gasteiger partial charge in [-0.25, -0.2) is 18.0 Å². The van der Waals surface area contributed by atoms with Crippen molar-refractivity contribution in [3.63, 3.8) is 0 Å². The summed E-state index contributed by atoms with van der Waals surface area (Å²) in [5, 5.41) is 2.40. The number of rotatable bonds is 5. The SMILES string of the molecule is COC(=O)c1ccccc1NC(=O)NNS(=O)(=O)c1cc(C)ccc1C. The first-order chi connectivity index (χ1) is 12.2. The van der Waals surface area contributed by atoms with Crippen LogP contribution in [-0.4, -0.2) is 27.5 Å². The zero-order chi connectivity index (χ0) is 19.3. The van der Waals surface area contributed by atoms with E-state index in [1.165, 1.54) is 25.3 Å². The molecule has 0 aliphatic heterocycles. The third-order valence-electron chi connectivity index (χ3n) is 3.51. The van der Waals surface area contributed by atoms with E-state index in [1.54, 1.807) is 38.1 Å². The van der Waals surface area contributed by atoms with E-state index in [1.807, 2.05) is 4.83 Å². The highest BCUT2D eigenvalue weighted by Crippen LogP contribution is 2.17. The van der Waals surface area contributed by atoms with Gasteiger partial charge in [-0.05, 0) is 43.2 Å². The number of esters is 1. The Hall–Kier alpha value is -2.91. The number of benzene rings is 2. The first-order valence-corrected chi connectivity index (χ1v) is 9.06. The third kappa shape index (κ3) is 4.58. The Bertz CT molecular complexity index is 941. The quantitative estimate of drug-likeness (QED) is 0.545. The topological polar surface area (TPSA) is 114 Å². The first kappa shape index (κ1) is 19.4. The van der Waals surface area contributed by atoms with Crippen LogP contribution in [0.25, 0.3) is 0 Å². The first-order valence-electron chi connectivity index (χ1n) is 7.58. The predicted octanol–water partition coefficient (Wildman–Crippen LogP) is 2.11. The monoisotopic (exact) mass is 377 g/mol. The van der Waals surface area contributed by atoms with Gasteiger partial charge in [0.1, 0.15) is 0 Å². The molecule has 0 bridgehead atoms. The summed E-state index contributed by atoms with van der Waals surface area (Å²) in [5.74, 6) is -0.628. The molecule has 0 aliphatic rings. The number of ether oxygens (including phenoxy) is 1. The van der Waals surface area contributed by atoms with Crippen molar-refractivity contribution in [3.05, 3.63) is 59.2 Å². The van der Waals surface area contributed by atoms with Gasteiger partial charge in [0.05, 0.1) is 23.3 Å². The standard InChI is InChI=1S/C17H19N3O5S/c1-11-8-9-12(2)15(10-11)26(23,24)20-19-17(22)18-14-7-5-4-6-13(14)16(21)25-3/h4-10,20H,1-3H3,(H2,18,19,22). The molecule has 0 fully saturated rings. The fourth-order valence-corrected chi connectivity index (χ4v) is 3.37. The molecule has 0 unspecified atom stereocenters. The van der Waals surface area contributed by atoms with Crippen LogP contribution in [0.5, 0.6) is 0 Å². The Kier molecular flexibility index (Phi) is 5.96. The second kappa shape index (κ2) is 7.98. The maximum Gasteiger partial charge on any atom is 0.339 e. The van der Waals surface area contributed by atoms with E-state index in [4.69, 9.17) is 0 Å². The van der Waals surface area contributed by atoms with Crippen LogP contribution < -0.4 is 15.6 Å². The highest BCUT2D eigenvalue weighted by atomic mass is 32.2. The maximum absolute atomic E-state index is 12.4. The van der Waals surface area contributed by atoms with Crippen LogP contribution >= 0.6 is 0 Å². The molecule has 0 spiro atoms. The van der Waals surface area contributed by atoms with Crippen molar-refractivity contribution in [2.75, 3.05) is 12.4 Å². The van der Waals surface area contributed by atoms with Gasteiger partial charge in [-0.3, -0.25) is 5.43 Å². The summed E-state index contributed by atoms with van der Waals surface area (Å²) in [7, 11) is -2.73. The molecule has 2 rings (SSSR count). The van der Waals surface area contributed by atoms with Crippen molar-refractivity contribution >= 4 is 27.7 Å². The van der Waals surface area contributed by atoms with Crippen molar-refractivity contribution in [1.29, 1.82) is 0 Å². The zero-order valence-electron chi connectivity index (χ0n) is 14.5. The molecular formula is C17H19N3O5S. The van der Waals surface area contributed by atoms with Crippen LogP contribution in [0.15, 0.2) is 47.4 Å². The van der Waals surface area contributed by atoms with E-state index in [9.17, 15) is 18.0 Å². The number of amides is 2. The van der Waals surface area contributed by atoms with E-state index in [2.05, 4.69) is 15.5 Å². The second-order valence-corrected chi connectivity index (χ2v) is 7.14. The summed E-state index contributed by atoms with van der Waals surface area (Å²) in [5.41, 5.74) is 3.70. The number of nitrogens with one attached hydrogen (secondary N) is 3. The number of hydrazine groups is 1. The Labute approximate surface area is 151 Å². The molecule has 0 heterocycles. The van der Waals surface area contributed by atoms with E-state index in [0.717, 1.165) is 5.56 Å². The van der Waals surface area contributed by atoms with Gasteiger partial charge in [-0.2, -0.15) is 0 Å². The van der Waals surface area contributed by atoms with Crippen molar-refractivity contribution in [1.82, 2.24) is 10.3 Å². The molecule has 0 aliphatic carbocycles. The number of anilines is 1. The van der Waals surface area contributed by atoms with Crippen LogP contribution in [0.4, 0.5) is 10.5 Å². The fraction of sp³-hybridized carbons (Fsp3) is 0.176. The predicted molar refractivity (Wildman–Crippen MR) is 96.2 cm³/mol. The summed E-state index contributed by atoms with van der Waals surface area (Å²) < 4.78 is 29.3. The minimum atomic E-state index is -3.95. The molecule has 3 N–H and O–H groups in total. The summed E-state index contributed by atoms with van der Waals surface area (Å²) >= 11 is 0. The van der Waals surface area contributed by atoms with Crippen LogP contribution in [0.1, 0.15) is 21.5 Å². The number of hydrogen-bond acceptors (Lipinski definition) is 5. The number of aryl methyl sites for hydroxylation is 2. The molecule has 26 heavy (non-hydrogen) atoms. The van der Waals surface area contributed by atoms with Gasteiger partial charge in [-0.1, -0.05) is 24.3 Å². The molecule has 138 valence electrons. The lowest BCUT2D eigenvalue weighted by molar-refractivity contribution is 0.0602. The lowest BCUT2D eigenvalue weighted by Gasteiger charge is -2.13. The molecule has 2 amide bonds. The molecule has 2 aromatic rings.